The summed E-state index contributed by atoms with van der Waals surface area (Å²) in [6.07, 6.45) is 1.55. The summed E-state index contributed by atoms with van der Waals surface area (Å²) in [4.78, 5) is 13.9. The average molecular weight is 491 g/mol. The Morgan fingerprint density at radius 3 is 2.31 bits per heavy atom. The van der Waals surface area contributed by atoms with Gasteiger partial charge in [-0.25, -0.2) is 4.68 Å². The van der Waals surface area contributed by atoms with Crippen molar-refractivity contribution in [1.29, 1.82) is 5.26 Å². The summed E-state index contributed by atoms with van der Waals surface area (Å²) >= 11 is 3.39. The number of halogens is 3. The molecule has 5 rings (SSSR count). The number of aromatic nitrogens is 2. The second-order valence-corrected chi connectivity index (χ2v) is 8.12. The van der Waals surface area contributed by atoms with Crippen molar-refractivity contribution in [2.75, 3.05) is 4.90 Å². The molecule has 0 radical (unpaired) electrons. The van der Waals surface area contributed by atoms with Crippen LogP contribution in [0.2, 0.25) is 0 Å². The Kier molecular flexibility index (Phi) is 4.64. The summed E-state index contributed by atoms with van der Waals surface area (Å²) in [5, 5.41) is 13.7. The van der Waals surface area contributed by atoms with E-state index >= 15 is 0 Å². The summed E-state index contributed by atoms with van der Waals surface area (Å²) in [7, 11) is 0. The number of hydrogen-bond acceptors (Lipinski definition) is 3. The number of rotatable bonds is 3. The van der Waals surface area contributed by atoms with E-state index in [1.54, 1.807) is 48.7 Å². The van der Waals surface area contributed by atoms with Crippen LogP contribution in [-0.2, 0) is 10.7 Å². The van der Waals surface area contributed by atoms with Crippen molar-refractivity contribution in [2.45, 2.75) is 5.92 Å². The summed E-state index contributed by atoms with van der Waals surface area (Å²) < 4.78 is 32.0. The van der Waals surface area contributed by atoms with E-state index in [0.717, 1.165) is 9.37 Å². The molecule has 0 aliphatic carbocycles. The highest BCUT2D eigenvalue weighted by atomic mass is 79.9. The van der Waals surface area contributed by atoms with E-state index in [4.69, 9.17) is 5.26 Å². The van der Waals surface area contributed by atoms with E-state index in [9.17, 15) is 13.6 Å². The monoisotopic (exact) mass is 490 g/mol. The number of carbonyl (C=O) groups excluding carboxylic acids is 1. The molecule has 0 N–H and O–H groups in total. The van der Waals surface area contributed by atoms with Crippen molar-refractivity contribution >= 4 is 33.2 Å². The van der Waals surface area contributed by atoms with E-state index in [-0.39, 0.29) is 16.9 Å². The molecule has 0 bridgehead atoms. The van der Waals surface area contributed by atoms with Crippen molar-refractivity contribution in [1.82, 2.24) is 9.78 Å². The Bertz CT molecular complexity index is 1390. The lowest BCUT2D eigenvalue weighted by molar-refractivity contribution is -0.140. The van der Waals surface area contributed by atoms with Crippen LogP contribution < -0.4 is 4.90 Å². The molecule has 1 aromatic heterocycles. The van der Waals surface area contributed by atoms with E-state index in [2.05, 4.69) is 27.1 Å². The zero-order chi connectivity index (χ0) is 22.5. The SMILES string of the molecule is N#Cc1ccc(-n2cc(N3C(=O)C(F)(F)c4ccccc43)c(-c3ccc(Br)cc3)n2)cc1. The fourth-order valence-corrected chi connectivity index (χ4v) is 3.97. The maximum Gasteiger partial charge on any atom is 0.352 e. The zero-order valence-electron chi connectivity index (χ0n) is 16.3. The Balaban J connectivity index is 1.72. The molecule has 1 aliphatic rings. The molecular weight excluding hydrogens is 478 g/mol. The highest BCUT2D eigenvalue weighted by Crippen LogP contribution is 2.49. The number of carbonyl (C=O) groups is 1. The third-order valence-electron chi connectivity index (χ3n) is 5.27. The van der Waals surface area contributed by atoms with Gasteiger partial charge in [0.25, 0.3) is 0 Å². The molecule has 0 fully saturated rings. The maximum absolute atomic E-state index is 14.8. The lowest BCUT2D eigenvalue weighted by Gasteiger charge is -2.17. The van der Waals surface area contributed by atoms with Crippen LogP contribution in [0.1, 0.15) is 11.1 Å². The fraction of sp³-hybridized carbons (Fsp3) is 0.0417. The third kappa shape index (κ3) is 3.10. The van der Waals surface area contributed by atoms with Gasteiger partial charge in [-0.15, -0.1) is 0 Å². The first-order valence-electron chi connectivity index (χ1n) is 9.58. The molecule has 1 amide bonds. The second kappa shape index (κ2) is 7.39. The number of para-hydroxylation sites is 1. The molecule has 1 aliphatic heterocycles. The van der Waals surface area contributed by atoms with Crippen LogP contribution in [0.3, 0.4) is 0 Å². The minimum Gasteiger partial charge on any atom is -0.271 e. The van der Waals surface area contributed by atoms with E-state index in [0.29, 0.717) is 22.5 Å². The Morgan fingerprint density at radius 2 is 1.62 bits per heavy atom. The van der Waals surface area contributed by atoms with Crippen LogP contribution in [-0.4, -0.2) is 15.7 Å². The van der Waals surface area contributed by atoms with Gasteiger partial charge in [0, 0.05) is 10.0 Å². The normalized spacial score (nSPS) is 14.3. The molecule has 5 nitrogen and oxygen atoms in total. The molecule has 32 heavy (non-hydrogen) atoms. The number of alkyl halides is 2. The molecule has 0 atom stereocenters. The quantitative estimate of drug-likeness (QED) is 0.356. The summed E-state index contributed by atoms with van der Waals surface area (Å²) in [6.45, 7) is 0. The topological polar surface area (TPSA) is 61.9 Å². The van der Waals surface area contributed by atoms with E-state index < -0.39 is 11.8 Å². The largest absolute Gasteiger partial charge is 0.352 e. The van der Waals surface area contributed by atoms with Gasteiger partial charge in [0.15, 0.2) is 0 Å². The van der Waals surface area contributed by atoms with Crippen LogP contribution in [0, 0.1) is 11.3 Å². The van der Waals surface area contributed by atoms with Crippen molar-refractivity contribution in [3.63, 3.8) is 0 Å². The van der Waals surface area contributed by atoms with Crippen molar-refractivity contribution in [3.8, 4) is 23.0 Å². The molecule has 8 heteroatoms. The third-order valence-corrected chi connectivity index (χ3v) is 5.80. The summed E-state index contributed by atoms with van der Waals surface area (Å²) in [5.74, 6) is -4.96. The highest BCUT2D eigenvalue weighted by molar-refractivity contribution is 9.10. The number of fused-ring (bicyclic) bond motifs is 1. The van der Waals surface area contributed by atoms with Crippen LogP contribution in [0.4, 0.5) is 20.2 Å². The number of nitriles is 1. The zero-order valence-corrected chi connectivity index (χ0v) is 17.9. The van der Waals surface area contributed by atoms with Crippen LogP contribution in [0.25, 0.3) is 16.9 Å². The van der Waals surface area contributed by atoms with Gasteiger partial charge >= 0.3 is 11.8 Å². The maximum atomic E-state index is 14.8. The van der Waals surface area contributed by atoms with Gasteiger partial charge in [-0.1, -0.05) is 46.3 Å². The van der Waals surface area contributed by atoms with Crippen molar-refractivity contribution < 1.29 is 13.6 Å². The second-order valence-electron chi connectivity index (χ2n) is 7.21. The minimum atomic E-state index is -3.63. The van der Waals surface area contributed by atoms with Crippen LogP contribution in [0.15, 0.2) is 83.5 Å². The number of benzene rings is 3. The van der Waals surface area contributed by atoms with E-state index in [1.165, 1.54) is 22.9 Å². The standard InChI is InChI=1S/C24H13BrF2N4O/c25-17-9-7-16(8-10-17)22-21(14-30(29-22)18-11-5-15(13-28)6-12-18)31-20-4-2-1-3-19(20)24(26,27)23(31)32/h1-12,14H. The van der Waals surface area contributed by atoms with Gasteiger partial charge in [-0.3, -0.25) is 9.69 Å². The molecule has 2 heterocycles. The van der Waals surface area contributed by atoms with Crippen LogP contribution >= 0.6 is 15.9 Å². The smallest absolute Gasteiger partial charge is 0.271 e. The molecule has 4 aromatic rings. The van der Waals surface area contributed by atoms with Gasteiger partial charge in [-0.2, -0.15) is 19.1 Å². The molecule has 0 unspecified atom stereocenters. The molecule has 156 valence electrons. The lowest BCUT2D eigenvalue weighted by atomic mass is 10.1. The van der Waals surface area contributed by atoms with Gasteiger partial charge in [0.2, 0.25) is 0 Å². The van der Waals surface area contributed by atoms with Gasteiger partial charge < -0.3 is 0 Å². The number of hydrogen-bond donors (Lipinski definition) is 0. The minimum absolute atomic E-state index is 0.125. The predicted octanol–water partition coefficient (Wildman–Crippen LogP) is 5.94. The first kappa shape index (κ1) is 20.1. The Labute approximate surface area is 190 Å². The fourth-order valence-electron chi connectivity index (χ4n) is 3.70. The summed E-state index contributed by atoms with van der Waals surface area (Å²) in [5.41, 5.74) is 2.18. The van der Waals surface area contributed by atoms with Crippen LogP contribution in [0.5, 0.6) is 0 Å². The predicted molar refractivity (Wildman–Crippen MR) is 119 cm³/mol. The van der Waals surface area contributed by atoms with Crippen molar-refractivity contribution in [3.05, 3.63) is 94.6 Å². The lowest BCUT2D eigenvalue weighted by Crippen LogP contribution is -2.31. The Morgan fingerprint density at radius 1 is 0.938 bits per heavy atom. The highest BCUT2D eigenvalue weighted by Gasteiger charge is 2.54. The molecule has 0 spiro atoms. The molecule has 0 saturated carbocycles. The number of nitrogens with zero attached hydrogens (tertiary/aromatic N) is 4. The van der Waals surface area contributed by atoms with Gasteiger partial charge in [0.1, 0.15) is 5.69 Å². The average Bonchev–Trinajstić information content (AvgIpc) is 3.32. The summed E-state index contributed by atoms with van der Waals surface area (Å²) in [6, 6.07) is 21.8. The van der Waals surface area contributed by atoms with Gasteiger partial charge in [-0.05, 0) is 42.5 Å². The molecule has 0 saturated heterocycles. The molecule has 3 aromatic carbocycles. The first-order valence-corrected chi connectivity index (χ1v) is 10.4. The number of anilines is 2. The first-order chi connectivity index (χ1) is 15.4. The van der Waals surface area contributed by atoms with Gasteiger partial charge in [0.05, 0.1) is 40.5 Å². The molecular formula is C24H13BrF2N4O. The van der Waals surface area contributed by atoms with E-state index in [1.807, 2.05) is 12.1 Å². The number of amides is 1. The van der Waals surface area contributed by atoms with Crippen molar-refractivity contribution in [2.24, 2.45) is 0 Å². The Hall–Kier alpha value is -3.83.